The van der Waals surface area contributed by atoms with E-state index in [1.807, 2.05) is 0 Å². The Hall–Kier alpha value is -1.43. The zero-order chi connectivity index (χ0) is 20.4. The molecule has 1 heterocycles. The van der Waals surface area contributed by atoms with Crippen LogP contribution in [0.25, 0.3) is 0 Å². The van der Waals surface area contributed by atoms with Gasteiger partial charge in [0, 0.05) is 30.9 Å². The predicted octanol–water partition coefficient (Wildman–Crippen LogP) is 4.31. The Morgan fingerprint density at radius 1 is 1.28 bits per heavy atom. The number of likely N-dealkylation sites (N-methyl/N-ethyl adjacent to an activating group) is 1. The monoisotopic (exact) mass is 399 g/mol. The van der Waals surface area contributed by atoms with Gasteiger partial charge in [0.25, 0.3) is 5.91 Å². The molecule has 0 aromatic carbocycles. The summed E-state index contributed by atoms with van der Waals surface area (Å²) in [6.07, 6.45) is 9.71. The average Bonchev–Trinajstić information content (AvgIpc) is 3.27. The number of hydrogen-bond acceptors (Lipinski definition) is 4. The lowest BCUT2D eigenvalue weighted by Crippen LogP contribution is -2.42. The molecule has 0 aromatic heterocycles. The van der Waals surface area contributed by atoms with Crippen molar-refractivity contribution in [1.29, 1.82) is 0 Å². The molecule has 5 heteroatoms. The van der Waals surface area contributed by atoms with E-state index in [0.717, 1.165) is 57.3 Å². The molecule has 2 unspecified atom stereocenters. The van der Waals surface area contributed by atoms with E-state index in [2.05, 4.69) is 19.9 Å². The summed E-state index contributed by atoms with van der Waals surface area (Å²) < 4.78 is 12.0. The van der Waals surface area contributed by atoms with Gasteiger partial charge in [-0.1, -0.05) is 24.1 Å². The Kier molecular flexibility index (Phi) is 4.57. The number of fused-ring (bicyclic) bond motifs is 4. The van der Waals surface area contributed by atoms with E-state index in [-0.39, 0.29) is 17.1 Å². The third-order valence-electron chi connectivity index (χ3n) is 8.33. The smallest absolute Gasteiger partial charge is 0.273 e. The van der Waals surface area contributed by atoms with E-state index < -0.39 is 0 Å². The Bertz CT molecular complexity index is 832. The lowest BCUT2D eigenvalue weighted by atomic mass is 9.57. The fourth-order valence-corrected chi connectivity index (χ4v) is 6.90. The van der Waals surface area contributed by atoms with Crippen LogP contribution in [0.4, 0.5) is 0 Å². The maximum atomic E-state index is 13.1. The van der Waals surface area contributed by atoms with Crippen LogP contribution in [0, 0.1) is 17.3 Å². The zero-order valence-corrected chi connectivity index (χ0v) is 18.2. The van der Waals surface area contributed by atoms with E-state index in [1.54, 1.807) is 30.9 Å². The molecule has 0 N–H and O–H groups in total. The van der Waals surface area contributed by atoms with Gasteiger partial charge >= 0.3 is 0 Å². The van der Waals surface area contributed by atoms with Crippen molar-refractivity contribution < 1.29 is 19.1 Å². The molecular formula is C24H33NO4. The SMILES string of the molecule is CON(C)C(=O)C1=C(C)CC2C3CCC4=C(CCC5(C4)OCCO5)C3=CC[C@]12C. The molecule has 1 amide bonds. The number of carbonyl (C=O) groups excluding carboxylic acids is 1. The van der Waals surface area contributed by atoms with Crippen LogP contribution in [0.2, 0.25) is 0 Å². The summed E-state index contributed by atoms with van der Waals surface area (Å²) in [7, 11) is 3.27. The molecule has 1 spiro atoms. The minimum atomic E-state index is -0.342. The minimum absolute atomic E-state index is 0.0257. The van der Waals surface area contributed by atoms with Gasteiger partial charge in [0.15, 0.2) is 5.79 Å². The second-order valence-electron chi connectivity index (χ2n) is 9.74. The third-order valence-corrected chi connectivity index (χ3v) is 8.33. The molecule has 0 saturated carbocycles. The number of nitrogens with zero attached hydrogens (tertiary/aromatic N) is 1. The largest absolute Gasteiger partial charge is 0.347 e. The van der Waals surface area contributed by atoms with Crippen LogP contribution in [0.3, 0.4) is 0 Å². The third kappa shape index (κ3) is 2.81. The molecule has 5 aliphatic rings. The summed E-state index contributed by atoms with van der Waals surface area (Å²) in [5, 5.41) is 1.38. The van der Waals surface area contributed by atoms with Gasteiger partial charge in [-0.25, -0.2) is 5.06 Å². The van der Waals surface area contributed by atoms with Crippen molar-refractivity contribution in [2.24, 2.45) is 17.3 Å². The minimum Gasteiger partial charge on any atom is -0.347 e. The number of hydrogen-bond donors (Lipinski definition) is 0. The summed E-state index contributed by atoms with van der Waals surface area (Å²) in [6, 6.07) is 0. The number of carbonyl (C=O) groups is 1. The van der Waals surface area contributed by atoms with Crippen molar-refractivity contribution in [3.63, 3.8) is 0 Å². The highest BCUT2D eigenvalue weighted by Gasteiger charge is 2.54. The first-order valence-electron chi connectivity index (χ1n) is 11.1. The number of rotatable bonds is 2. The molecule has 5 nitrogen and oxygen atoms in total. The quantitative estimate of drug-likeness (QED) is 0.649. The molecule has 0 aromatic rings. The fraction of sp³-hybridized carbons (Fsp3) is 0.708. The standard InChI is InChI=1S/C24H33NO4/c1-15-13-20-19-6-5-16-14-24(28-11-12-29-24)10-8-17(16)18(19)7-9-23(20,2)21(15)22(26)25(3)27-4/h7,19-20H,5-6,8-14H2,1-4H3/t19?,20?,23-/m0/s1. The molecule has 4 aliphatic carbocycles. The highest BCUT2D eigenvalue weighted by Crippen LogP contribution is 2.61. The maximum absolute atomic E-state index is 13.1. The Morgan fingerprint density at radius 3 is 2.76 bits per heavy atom. The lowest BCUT2D eigenvalue weighted by Gasteiger charge is -2.48. The Balaban J connectivity index is 1.45. The Morgan fingerprint density at radius 2 is 2.03 bits per heavy atom. The second-order valence-corrected chi connectivity index (χ2v) is 9.74. The van der Waals surface area contributed by atoms with E-state index in [1.165, 1.54) is 17.1 Å². The van der Waals surface area contributed by atoms with Gasteiger partial charge < -0.3 is 9.47 Å². The summed E-state index contributed by atoms with van der Waals surface area (Å²) in [5.41, 5.74) is 6.85. The topological polar surface area (TPSA) is 48.0 Å². The number of amides is 1. The van der Waals surface area contributed by atoms with Crippen LogP contribution in [0.5, 0.6) is 0 Å². The molecule has 3 atom stereocenters. The lowest BCUT2D eigenvalue weighted by molar-refractivity contribution is -0.166. The first-order valence-corrected chi connectivity index (χ1v) is 11.1. The van der Waals surface area contributed by atoms with Crippen LogP contribution < -0.4 is 0 Å². The van der Waals surface area contributed by atoms with Crippen LogP contribution in [0.1, 0.15) is 58.8 Å². The van der Waals surface area contributed by atoms with Crippen molar-refractivity contribution in [3.05, 3.63) is 33.9 Å². The zero-order valence-electron chi connectivity index (χ0n) is 18.2. The van der Waals surface area contributed by atoms with Crippen molar-refractivity contribution in [3.8, 4) is 0 Å². The van der Waals surface area contributed by atoms with E-state index in [4.69, 9.17) is 14.3 Å². The van der Waals surface area contributed by atoms with Gasteiger partial charge in [-0.05, 0) is 62.0 Å². The summed E-state index contributed by atoms with van der Waals surface area (Å²) in [4.78, 5) is 18.3. The molecule has 1 fully saturated rings. The second kappa shape index (κ2) is 6.79. The van der Waals surface area contributed by atoms with Crippen LogP contribution in [0.15, 0.2) is 33.9 Å². The number of hydroxylamine groups is 2. The van der Waals surface area contributed by atoms with Gasteiger partial charge in [0.1, 0.15) is 0 Å². The first kappa shape index (κ1) is 19.5. The highest BCUT2D eigenvalue weighted by atomic mass is 16.7. The summed E-state index contributed by atoms with van der Waals surface area (Å²) >= 11 is 0. The molecule has 1 saturated heterocycles. The van der Waals surface area contributed by atoms with Gasteiger partial charge in [-0.15, -0.1) is 0 Å². The number of allylic oxidation sites excluding steroid dienone is 4. The van der Waals surface area contributed by atoms with Crippen molar-refractivity contribution in [2.45, 2.75) is 64.6 Å². The normalized spacial score (nSPS) is 35.4. The number of ether oxygens (including phenoxy) is 2. The molecule has 5 rings (SSSR count). The summed E-state index contributed by atoms with van der Waals surface area (Å²) in [6.45, 7) is 5.91. The highest BCUT2D eigenvalue weighted by molar-refractivity contribution is 5.95. The molecule has 0 bridgehead atoms. The molecule has 29 heavy (non-hydrogen) atoms. The van der Waals surface area contributed by atoms with Gasteiger partial charge in [-0.3, -0.25) is 9.63 Å². The maximum Gasteiger partial charge on any atom is 0.273 e. The van der Waals surface area contributed by atoms with Crippen molar-refractivity contribution in [2.75, 3.05) is 27.4 Å². The fourth-order valence-electron chi connectivity index (χ4n) is 6.90. The molecule has 158 valence electrons. The van der Waals surface area contributed by atoms with E-state index in [0.29, 0.717) is 11.8 Å². The average molecular weight is 400 g/mol. The Labute approximate surface area is 173 Å². The van der Waals surface area contributed by atoms with Crippen LogP contribution in [-0.4, -0.2) is 44.1 Å². The van der Waals surface area contributed by atoms with Crippen molar-refractivity contribution >= 4 is 5.91 Å². The summed E-state index contributed by atoms with van der Waals surface area (Å²) in [5.74, 6) is 0.749. The van der Waals surface area contributed by atoms with Gasteiger partial charge in [0.05, 0.1) is 20.3 Å². The molecule has 0 radical (unpaired) electrons. The van der Waals surface area contributed by atoms with E-state index in [9.17, 15) is 4.79 Å². The van der Waals surface area contributed by atoms with Crippen LogP contribution in [-0.2, 0) is 19.1 Å². The molecule has 1 aliphatic heterocycles. The van der Waals surface area contributed by atoms with Crippen LogP contribution >= 0.6 is 0 Å². The first-order chi connectivity index (χ1) is 13.9. The van der Waals surface area contributed by atoms with E-state index >= 15 is 0 Å². The predicted molar refractivity (Wildman–Crippen MR) is 110 cm³/mol. The van der Waals surface area contributed by atoms with Crippen molar-refractivity contribution in [1.82, 2.24) is 5.06 Å². The molecular weight excluding hydrogens is 366 g/mol. The van der Waals surface area contributed by atoms with Gasteiger partial charge in [-0.2, -0.15) is 0 Å². The van der Waals surface area contributed by atoms with Gasteiger partial charge in [0.2, 0.25) is 0 Å².